The van der Waals surface area contributed by atoms with Gasteiger partial charge < -0.3 is 14.5 Å². The quantitative estimate of drug-likeness (QED) is 0.254. The van der Waals surface area contributed by atoms with E-state index in [1.165, 1.54) is 33.0 Å². The van der Waals surface area contributed by atoms with E-state index in [2.05, 4.69) is 72.8 Å². The van der Waals surface area contributed by atoms with Crippen LogP contribution in [0.2, 0.25) is 0 Å². The van der Waals surface area contributed by atoms with Crippen molar-refractivity contribution in [3.05, 3.63) is 125 Å². The molecular formula is C36H30BNO3. The molecule has 5 heteroatoms. The molecule has 41 heavy (non-hydrogen) atoms. The first-order chi connectivity index (χ1) is 19.6. The van der Waals surface area contributed by atoms with Crippen LogP contribution in [0.1, 0.15) is 55.5 Å². The fraction of sp³-hybridized carbons (Fsp3) is 0.194. The number of hydrogen-bond donors (Lipinski definition) is 1. The Labute approximate surface area is 241 Å². The average molecular weight is 535 g/mol. The van der Waals surface area contributed by atoms with Gasteiger partial charge in [0.15, 0.2) is 0 Å². The van der Waals surface area contributed by atoms with Crippen LogP contribution in [-0.4, -0.2) is 23.8 Å². The number of benzene rings is 5. The molecule has 0 radical (unpaired) electrons. The van der Waals surface area contributed by atoms with Crippen LogP contribution in [0.5, 0.6) is 11.5 Å². The van der Waals surface area contributed by atoms with Crippen molar-refractivity contribution in [2.75, 3.05) is 0 Å². The zero-order chi connectivity index (χ0) is 28.6. The minimum Gasteiger partial charge on any atom is -0.457 e. The van der Waals surface area contributed by atoms with Crippen molar-refractivity contribution in [2.24, 2.45) is 0 Å². The number of hydrogen-bond acceptors (Lipinski definition) is 4. The van der Waals surface area contributed by atoms with Crippen LogP contribution in [0.25, 0.3) is 21.9 Å². The molecule has 1 unspecified atom stereocenters. The molecule has 0 fully saturated rings. The Bertz CT molecular complexity index is 1910. The van der Waals surface area contributed by atoms with Crippen LogP contribution in [-0.2, 0) is 10.1 Å². The van der Waals surface area contributed by atoms with E-state index >= 15 is 0 Å². The van der Waals surface area contributed by atoms with E-state index in [1.54, 1.807) is 13.8 Å². The van der Waals surface area contributed by atoms with Crippen LogP contribution < -0.4 is 10.2 Å². The summed E-state index contributed by atoms with van der Waals surface area (Å²) in [7, 11) is 0.331. The highest BCUT2D eigenvalue weighted by molar-refractivity contribution is 6.47. The Morgan fingerprint density at radius 1 is 0.780 bits per heavy atom. The summed E-state index contributed by atoms with van der Waals surface area (Å²) in [5.74, 6) is 1.53. The van der Waals surface area contributed by atoms with Gasteiger partial charge in [0, 0.05) is 11.1 Å². The van der Waals surface area contributed by atoms with Gasteiger partial charge in [0.05, 0.1) is 28.2 Å². The van der Waals surface area contributed by atoms with Gasteiger partial charge in [-0.3, -0.25) is 0 Å². The zero-order valence-corrected chi connectivity index (χ0v) is 23.7. The lowest BCUT2D eigenvalue weighted by atomic mass is 9.64. The molecule has 7 rings (SSSR count). The summed E-state index contributed by atoms with van der Waals surface area (Å²) in [6, 6.07) is 35.9. The number of nitriles is 1. The van der Waals surface area contributed by atoms with E-state index in [0.29, 0.717) is 13.0 Å². The second-order valence-electron chi connectivity index (χ2n) is 12.1. The highest BCUT2D eigenvalue weighted by Crippen LogP contribution is 2.62. The van der Waals surface area contributed by atoms with E-state index in [-0.39, 0.29) is 0 Å². The minimum atomic E-state index is -1.01. The topological polar surface area (TPSA) is 62.5 Å². The van der Waals surface area contributed by atoms with Gasteiger partial charge in [-0.1, -0.05) is 78.3 Å². The lowest BCUT2D eigenvalue weighted by molar-refractivity contribution is -0.0893. The van der Waals surface area contributed by atoms with Gasteiger partial charge in [0.2, 0.25) is 0 Å². The van der Waals surface area contributed by atoms with Gasteiger partial charge in [0.1, 0.15) is 11.5 Å². The van der Waals surface area contributed by atoms with Crippen LogP contribution in [0.3, 0.4) is 0 Å². The first-order valence-electron chi connectivity index (χ1n) is 14.0. The molecule has 1 atom stereocenters. The van der Waals surface area contributed by atoms with Crippen LogP contribution in [0, 0.1) is 11.3 Å². The highest BCUT2D eigenvalue weighted by Gasteiger charge is 2.51. The minimum absolute atomic E-state index is 0.331. The maximum atomic E-state index is 10.7. The van der Waals surface area contributed by atoms with Crippen molar-refractivity contribution in [1.82, 2.24) is 0 Å². The molecule has 200 valence electrons. The van der Waals surface area contributed by atoms with E-state index in [1.807, 2.05) is 44.2 Å². The molecule has 0 aromatic heterocycles. The lowest BCUT2D eigenvalue weighted by Crippen LogP contribution is -2.49. The van der Waals surface area contributed by atoms with Crippen molar-refractivity contribution in [3.63, 3.8) is 0 Å². The predicted octanol–water partition coefficient (Wildman–Crippen LogP) is 6.72. The van der Waals surface area contributed by atoms with Crippen molar-refractivity contribution in [2.45, 2.75) is 44.3 Å². The van der Waals surface area contributed by atoms with Crippen LogP contribution in [0.4, 0.5) is 0 Å². The molecule has 1 aliphatic heterocycles. The first-order valence-corrected chi connectivity index (χ1v) is 14.0. The second-order valence-corrected chi connectivity index (χ2v) is 12.1. The third kappa shape index (κ3) is 3.61. The Hall–Kier alpha value is -4.37. The Balaban J connectivity index is 1.54. The third-order valence-electron chi connectivity index (χ3n) is 9.19. The Kier molecular flexibility index (Phi) is 5.50. The molecular weight excluding hydrogens is 505 g/mol. The lowest BCUT2D eigenvalue weighted by Gasteiger charge is -2.40. The summed E-state index contributed by atoms with van der Waals surface area (Å²) in [4.78, 5) is 0. The van der Waals surface area contributed by atoms with Crippen molar-refractivity contribution < 1.29 is 14.5 Å². The van der Waals surface area contributed by atoms with E-state index in [0.717, 1.165) is 28.1 Å². The van der Waals surface area contributed by atoms with Crippen molar-refractivity contribution in [3.8, 4) is 28.7 Å². The summed E-state index contributed by atoms with van der Waals surface area (Å²) in [6.07, 6.45) is 0. The SMILES string of the molecule is CC(C)(O)C(C)(C)OBc1ccc2c(c1)C1(c3cc(C#N)ccc3O2)c2ccccc2-c2c1ccc1ccccc21. The molecule has 4 nitrogen and oxygen atoms in total. The summed E-state index contributed by atoms with van der Waals surface area (Å²) in [6.45, 7) is 7.35. The van der Waals surface area contributed by atoms with Gasteiger partial charge in [-0.25, -0.2) is 0 Å². The zero-order valence-electron chi connectivity index (χ0n) is 23.7. The number of ether oxygens (including phenoxy) is 1. The third-order valence-corrected chi connectivity index (χ3v) is 9.19. The summed E-state index contributed by atoms with van der Waals surface area (Å²) < 4.78 is 12.8. The molecule has 0 saturated carbocycles. The standard InChI is InChI=1S/C36H30BNO3/c1-34(2,39)35(3,4)41-37-24-15-18-32-30(20-24)36(29-19-22(21-38)13-17-31(29)40-32)27-12-8-7-11-26(27)33-25-10-6-5-9-23(25)14-16-28(33)36/h5-20,37,39H,1-4H3. The molecule has 0 saturated heterocycles. The fourth-order valence-electron chi connectivity index (χ4n) is 6.36. The second kappa shape index (κ2) is 8.82. The molecule has 1 spiro atoms. The number of nitrogens with zero attached hydrogens (tertiary/aromatic N) is 1. The predicted molar refractivity (Wildman–Crippen MR) is 164 cm³/mol. The molecule has 5 aromatic rings. The van der Waals surface area contributed by atoms with Gasteiger partial charge in [-0.05, 0) is 85.0 Å². The smallest absolute Gasteiger partial charge is 0.309 e. The van der Waals surface area contributed by atoms with Crippen LogP contribution >= 0.6 is 0 Å². The number of aliphatic hydroxyl groups is 1. The van der Waals surface area contributed by atoms with E-state index < -0.39 is 16.6 Å². The summed E-state index contributed by atoms with van der Waals surface area (Å²) in [5, 5.41) is 23.0. The molecule has 0 amide bonds. The maximum absolute atomic E-state index is 10.7. The van der Waals surface area contributed by atoms with E-state index in [4.69, 9.17) is 9.39 Å². The van der Waals surface area contributed by atoms with Crippen LogP contribution in [0.15, 0.2) is 97.1 Å². The van der Waals surface area contributed by atoms with Gasteiger partial charge in [-0.2, -0.15) is 5.26 Å². The summed E-state index contributed by atoms with van der Waals surface area (Å²) in [5.41, 5.74) is 5.84. The maximum Gasteiger partial charge on any atom is 0.309 e. The van der Waals surface area contributed by atoms with Gasteiger partial charge >= 0.3 is 7.48 Å². The van der Waals surface area contributed by atoms with E-state index in [9.17, 15) is 10.4 Å². The normalized spacial score (nSPS) is 16.8. The molecule has 0 bridgehead atoms. The monoisotopic (exact) mass is 535 g/mol. The van der Waals surface area contributed by atoms with Crippen molar-refractivity contribution in [1.29, 1.82) is 5.26 Å². The highest BCUT2D eigenvalue weighted by atomic mass is 16.5. The molecule has 5 aromatic carbocycles. The molecule has 2 aliphatic rings. The number of rotatable bonds is 4. The average Bonchev–Trinajstić information content (AvgIpc) is 3.27. The van der Waals surface area contributed by atoms with Gasteiger partial charge in [-0.15, -0.1) is 0 Å². The fourth-order valence-corrected chi connectivity index (χ4v) is 6.36. The Morgan fingerprint density at radius 3 is 2.27 bits per heavy atom. The van der Waals surface area contributed by atoms with Gasteiger partial charge in [0.25, 0.3) is 0 Å². The molecule has 1 N–H and O–H groups in total. The number of fused-ring (bicyclic) bond motifs is 11. The molecule has 1 heterocycles. The van der Waals surface area contributed by atoms with Crippen molar-refractivity contribution >= 4 is 23.7 Å². The molecule has 1 aliphatic carbocycles. The summed E-state index contributed by atoms with van der Waals surface area (Å²) >= 11 is 0. The Morgan fingerprint density at radius 2 is 1.49 bits per heavy atom. The first kappa shape index (κ1) is 25.6. The largest absolute Gasteiger partial charge is 0.457 e.